The quantitative estimate of drug-likeness (QED) is 0.496. The van der Waals surface area contributed by atoms with Crippen molar-refractivity contribution in [1.29, 1.82) is 0 Å². The van der Waals surface area contributed by atoms with Gasteiger partial charge in [-0.05, 0) is 41.8 Å². The standard InChI is InChI=1S/C17H14FN3O2S2/c1-23-15-6-4-11(18)9-13(15)14(22)10-25-17-19-16(20-21-17)7-5-12-3-2-8-24-12/h2-9H,10H2,1H3,(H,19,20,21)/b7-5+. The van der Waals surface area contributed by atoms with Crippen molar-refractivity contribution in [2.24, 2.45) is 0 Å². The van der Waals surface area contributed by atoms with Crippen LogP contribution in [0.3, 0.4) is 0 Å². The van der Waals surface area contributed by atoms with Crippen LogP contribution in [-0.4, -0.2) is 33.8 Å². The van der Waals surface area contributed by atoms with Crippen molar-refractivity contribution in [3.8, 4) is 5.75 Å². The average molecular weight is 375 g/mol. The topological polar surface area (TPSA) is 67.9 Å². The molecule has 0 aliphatic rings. The van der Waals surface area contributed by atoms with E-state index in [1.807, 2.05) is 29.7 Å². The molecular weight excluding hydrogens is 361 g/mol. The monoisotopic (exact) mass is 375 g/mol. The molecule has 25 heavy (non-hydrogen) atoms. The van der Waals surface area contributed by atoms with Crippen LogP contribution in [0, 0.1) is 5.82 Å². The molecule has 2 heterocycles. The smallest absolute Gasteiger partial charge is 0.209 e. The molecule has 0 bridgehead atoms. The third-order valence-corrected chi connectivity index (χ3v) is 4.91. The zero-order valence-electron chi connectivity index (χ0n) is 13.2. The molecule has 0 radical (unpaired) electrons. The molecule has 1 N–H and O–H groups in total. The highest BCUT2D eigenvalue weighted by Crippen LogP contribution is 2.23. The molecule has 0 unspecified atom stereocenters. The Labute approximate surface area is 152 Å². The zero-order valence-corrected chi connectivity index (χ0v) is 14.9. The summed E-state index contributed by atoms with van der Waals surface area (Å²) in [4.78, 5) is 17.7. The van der Waals surface area contributed by atoms with E-state index >= 15 is 0 Å². The number of methoxy groups -OCH3 is 1. The molecule has 3 aromatic rings. The van der Waals surface area contributed by atoms with E-state index in [2.05, 4.69) is 15.2 Å². The highest BCUT2D eigenvalue weighted by molar-refractivity contribution is 7.99. The van der Waals surface area contributed by atoms with Crippen molar-refractivity contribution >= 4 is 41.0 Å². The maximum Gasteiger partial charge on any atom is 0.209 e. The van der Waals surface area contributed by atoms with Gasteiger partial charge in [0, 0.05) is 4.88 Å². The van der Waals surface area contributed by atoms with Crippen LogP contribution in [0.25, 0.3) is 12.2 Å². The number of ether oxygens (including phenoxy) is 1. The zero-order chi connectivity index (χ0) is 17.6. The van der Waals surface area contributed by atoms with Crippen molar-refractivity contribution in [2.75, 3.05) is 12.9 Å². The summed E-state index contributed by atoms with van der Waals surface area (Å²) < 4.78 is 18.5. The number of H-pyrrole nitrogens is 1. The van der Waals surface area contributed by atoms with Crippen molar-refractivity contribution in [3.63, 3.8) is 0 Å². The summed E-state index contributed by atoms with van der Waals surface area (Å²) in [5.74, 6) is 0.314. The summed E-state index contributed by atoms with van der Waals surface area (Å²) in [7, 11) is 1.44. The second kappa shape index (κ2) is 8.09. The normalized spacial score (nSPS) is 11.1. The molecule has 0 fully saturated rings. The maximum absolute atomic E-state index is 13.4. The lowest BCUT2D eigenvalue weighted by molar-refractivity contribution is 0.101. The van der Waals surface area contributed by atoms with Crippen LogP contribution in [0.5, 0.6) is 5.75 Å². The van der Waals surface area contributed by atoms with Gasteiger partial charge in [-0.2, -0.15) is 0 Å². The number of benzene rings is 1. The second-order valence-corrected chi connectivity index (χ2v) is 6.83. The minimum Gasteiger partial charge on any atom is -0.496 e. The molecule has 8 heteroatoms. The number of hydrogen-bond acceptors (Lipinski definition) is 6. The number of thioether (sulfide) groups is 1. The van der Waals surface area contributed by atoms with Crippen molar-refractivity contribution in [2.45, 2.75) is 5.16 Å². The molecule has 3 rings (SSSR count). The van der Waals surface area contributed by atoms with Crippen LogP contribution in [0.15, 0.2) is 40.9 Å². The lowest BCUT2D eigenvalue weighted by Gasteiger charge is -2.06. The van der Waals surface area contributed by atoms with Gasteiger partial charge >= 0.3 is 0 Å². The third-order valence-electron chi connectivity index (χ3n) is 3.23. The maximum atomic E-state index is 13.4. The van der Waals surface area contributed by atoms with E-state index in [0.717, 1.165) is 4.88 Å². The van der Waals surface area contributed by atoms with Crippen LogP contribution in [0.4, 0.5) is 4.39 Å². The number of ketones is 1. The number of rotatable bonds is 7. The fourth-order valence-corrected chi connectivity index (χ4v) is 3.36. The Morgan fingerprint density at radius 1 is 1.40 bits per heavy atom. The van der Waals surface area contributed by atoms with E-state index in [4.69, 9.17) is 4.74 Å². The van der Waals surface area contributed by atoms with Gasteiger partial charge in [-0.25, -0.2) is 9.37 Å². The predicted molar refractivity (Wildman–Crippen MR) is 97.6 cm³/mol. The van der Waals surface area contributed by atoms with Crippen molar-refractivity contribution < 1.29 is 13.9 Å². The summed E-state index contributed by atoms with van der Waals surface area (Å²) in [6.45, 7) is 0. The number of halogens is 1. The molecule has 0 aliphatic carbocycles. The van der Waals surface area contributed by atoms with Gasteiger partial charge in [0.2, 0.25) is 5.16 Å². The van der Waals surface area contributed by atoms with Crippen LogP contribution >= 0.6 is 23.1 Å². The SMILES string of the molecule is COc1ccc(F)cc1C(=O)CSc1n[nH]c(/C=C/c2cccs2)n1. The minimum absolute atomic E-state index is 0.0890. The van der Waals surface area contributed by atoms with Gasteiger partial charge in [0.15, 0.2) is 5.78 Å². The molecular formula is C17H14FN3O2S2. The Hall–Kier alpha value is -2.45. The molecule has 0 spiro atoms. The summed E-state index contributed by atoms with van der Waals surface area (Å²) >= 11 is 2.80. The molecule has 128 valence electrons. The number of hydrogen-bond donors (Lipinski definition) is 1. The van der Waals surface area contributed by atoms with Gasteiger partial charge in [0.05, 0.1) is 18.4 Å². The van der Waals surface area contributed by atoms with E-state index < -0.39 is 5.82 Å². The fraction of sp³-hybridized carbons (Fsp3) is 0.118. The minimum atomic E-state index is -0.479. The number of nitrogens with zero attached hydrogens (tertiary/aromatic N) is 2. The number of thiophene rings is 1. The van der Waals surface area contributed by atoms with Crippen LogP contribution < -0.4 is 4.74 Å². The largest absolute Gasteiger partial charge is 0.496 e. The summed E-state index contributed by atoms with van der Waals surface area (Å²) in [5.41, 5.74) is 0.211. The van der Waals surface area contributed by atoms with E-state index in [-0.39, 0.29) is 17.1 Å². The number of carbonyl (C=O) groups excluding carboxylic acids is 1. The molecule has 2 aromatic heterocycles. The fourth-order valence-electron chi connectivity index (χ4n) is 2.05. The number of Topliss-reactive ketones (excluding diaryl/α,β-unsaturated/α-hetero) is 1. The molecule has 0 saturated carbocycles. The van der Waals surface area contributed by atoms with Gasteiger partial charge in [-0.1, -0.05) is 17.8 Å². The Bertz CT molecular complexity index is 891. The van der Waals surface area contributed by atoms with Gasteiger partial charge in [0.1, 0.15) is 17.4 Å². The Morgan fingerprint density at radius 2 is 2.28 bits per heavy atom. The number of aromatic amines is 1. The van der Waals surface area contributed by atoms with Crippen molar-refractivity contribution in [3.05, 3.63) is 57.8 Å². The van der Waals surface area contributed by atoms with Gasteiger partial charge in [0.25, 0.3) is 0 Å². The van der Waals surface area contributed by atoms with E-state index in [1.54, 1.807) is 11.3 Å². The first kappa shape index (κ1) is 17.4. The van der Waals surface area contributed by atoms with E-state index in [0.29, 0.717) is 16.7 Å². The second-order valence-electron chi connectivity index (χ2n) is 4.91. The average Bonchev–Trinajstić information content (AvgIpc) is 3.29. The first-order valence-corrected chi connectivity index (χ1v) is 9.16. The molecule has 0 amide bonds. The number of nitrogens with one attached hydrogen (secondary N) is 1. The number of aromatic nitrogens is 3. The van der Waals surface area contributed by atoms with Crippen LogP contribution in [-0.2, 0) is 0 Å². The Morgan fingerprint density at radius 3 is 3.04 bits per heavy atom. The van der Waals surface area contributed by atoms with Gasteiger partial charge in [-0.3, -0.25) is 9.89 Å². The third kappa shape index (κ3) is 4.55. The van der Waals surface area contributed by atoms with Gasteiger partial charge < -0.3 is 4.74 Å². The number of carbonyl (C=O) groups is 1. The Balaban J connectivity index is 1.62. The molecule has 0 aliphatic heterocycles. The van der Waals surface area contributed by atoms with Crippen LogP contribution in [0.2, 0.25) is 0 Å². The predicted octanol–water partition coefficient (Wildman–Crippen LogP) is 4.16. The Kier molecular flexibility index (Phi) is 5.62. The van der Waals surface area contributed by atoms with Crippen molar-refractivity contribution in [1.82, 2.24) is 15.2 Å². The lowest BCUT2D eigenvalue weighted by Crippen LogP contribution is -2.05. The first-order valence-electron chi connectivity index (χ1n) is 7.29. The molecule has 1 aromatic carbocycles. The van der Waals surface area contributed by atoms with Crippen LogP contribution in [0.1, 0.15) is 21.1 Å². The highest BCUT2D eigenvalue weighted by atomic mass is 32.2. The molecule has 0 atom stereocenters. The highest BCUT2D eigenvalue weighted by Gasteiger charge is 2.15. The van der Waals surface area contributed by atoms with E-state index in [1.165, 1.54) is 37.1 Å². The summed E-state index contributed by atoms with van der Waals surface area (Å²) in [5, 5.41) is 9.31. The summed E-state index contributed by atoms with van der Waals surface area (Å²) in [6, 6.07) is 7.84. The lowest BCUT2D eigenvalue weighted by atomic mass is 10.1. The van der Waals surface area contributed by atoms with E-state index in [9.17, 15) is 9.18 Å². The first-order chi connectivity index (χ1) is 12.2. The summed E-state index contributed by atoms with van der Waals surface area (Å²) in [6.07, 6.45) is 3.75. The molecule has 5 nitrogen and oxygen atoms in total. The molecule has 0 saturated heterocycles. The van der Waals surface area contributed by atoms with Gasteiger partial charge in [-0.15, -0.1) is 16.4 Å².